The number of hydrogen-bond acceptors (Lipinski definition) is 0. The molecule has 2 unspecified atom stereocenters. The van der Waals surface area contributed by atoms with Gasteiger partial charge in [-0.15, -0.1) is 6.58 Å². The van der Waals surface area contributed by atoms with Crippen LogP contribution in [0.15, 0.2) is 49.1 Å². The van der Waals surface area contributed by atoms with Crippen LogP contribution in [0.4, 0.5) is 0 Å². The third-order valence-electron chi connectivity index (χ3n) is 2.80. The molecule has 56 valence electrons. The highest BCUT2D eigenvalue weighted by Gasteiger charge is 2.52. The van der Waals surface area contributed by atoms with Gasteiger partial charge in [0.1, 0.15) is 0 Å². The molecule has 1 fully saturated rings. The van der Waals surface area contributed by atoms with E-state index in [1.54, 1.807) is 0 Å². The van der Waals surface area contributed by atoms with E-state index in [0.717, 1.165) is 0 Å². The normalized spacial score (nSPS) is 38.9. The minimum absolute atomic E-state index is 0.274. The predicted octanol–water partition coefficient (Wildman–Crippen LogP) is 2.86. The molecular formula is C11H12. The van der Waals surface area contributed by atoms with E-state index in [1.807, 2.05) is 6.08 Å². The summed E-state index contributed by atoms with van der Waals surface area (Å²) in [5.74, 6) is 0.706. The zero-order chi connectivity index (χ0) is 7.90. The summed E-state index contributed by atoms with van der Waals surface area (Å²) in [5.41, 5.74) is 1.61. The fourth-order valence-electron chi connectivity index (χ4n) is 1.94. The largest absolute Gasteiger partial charge is 0.102 e. The van der Waals surface area contributed by atoms with Crippen molar-refractivity contribution >= 4 is 0 Å². The molecule has 0 heterocycles. The van der Waals surface area contributed by atoms with Gasteiger partial charge in [-0.25, -0.2) is 0 Å². The minimum atomic E-state index is 0.274. The van der Waals surface area contributed by atoms with Crippen molar-refractivity contribution in [3.05, 3.63) is 49.1 Å². The smallest absolute Gasteiger partial charge is 0.0198 e. The van der Waals surface area contributed by atoms with Crippen LogP contribution in [0.25, 0.3) is 0 Å². The van der Waals surface area contributed by atoms with Crippen molar-refractivity contribution in [1.82, 2.24) is 0 Å². The van der Waals surface area contributed by atoms with Crippen LogP contribution in [0.5, 0.6) is 0 Å². The second-order valence-electron chi connectivity index (χ2n) is 3.27. The van der Waals surface area contributed by atoms with Crippen molar-refractivity contribution in [2.75, 3.05) is 0 Å². The second kappa shape index (κ2) is 1.97. The van der Waals surface area contributed by atoms with Crippen LogP contribution in [0.1, 0.15) is 6.42 Å². The molecule has 0 nitrogen and oxygen atoms in total. The number of hydrogen-bond donors (Lipinski definition) is 0. The van der Waals surface area contributed by atoms with Crippen molar-refractivity contribution in [2.45, 2.75) is 6.42 Å². The first-order chi connectivity index (χ1) is 5.33. The van der Waals surface area contributed by atoms with Gasteiger partial charge in [0.2, 0.25) is 0 Å². The Morgan fingerprint density at radius 2 is 2.36 bits per heavy atom. The van der Waals surface area contributed by atoms with E-state index in [0.29, 0.717) is 5.92 Å². The second-order valence-corrected chi connectivity index (χ2v) is 3.27. The first kappa shape index (κ1) is 6.66. The molecule has 2 aliphatic rings. The van der Waals surface area contributed by atoms with E-state index in [-0.39, 0.29) is 5.41 Å². The van der Waals surface area contributed by atoms with E-state index in [2.05, 4.69) is 37.5 Å². The lowest BCUT2D eigenvalue weighted by molar-refractivity contribution is 0.746. The molecule has 2 aliphatic carbocycles. The van der Waals surface area contributed by atoms with Crippen LogP contribution in [0, 0.1) is 11.3 Å². The summed E-state index contributed by atoms with van der Waals surface area (Å²) in [5, 5.41) is 0. The maximum atomic E-state index is 3.87. The van der Waals surface area contributed by atoms with Crippen molar-refractivity contribution in [3.63, 3.8) is 0 Å². The lowest BCUT2D eigenvalue weighted by Crippen LogP contribution is -2.03. The third-order valence-corrected chi connectivity index (χ3v) is 2.80. The van der Waals surface area contributed by atoms with Gasteiger partial charge >= 0.3 is 0 Å². The molecule has 1 saturated carbocycles. The molecule has 2 atom stereocenters. The van der Waals surface area contributed by atoms with Crippen molar-refractivity contribution in [3.8, 4) is 0 Å². The summed E-state index contributed by atoms with van der Waals surface area (Å²) in [4.78, 5) is 0. The molecule has 0 saturated heterocycles. The molecule has 2 rings (SSSR count). The quantitative estimate of drug-likeness (QED) is 0.523. The Balaban J connectivity index is 2.41. The van der Waals surface area contributed by atoms with Gasteiger partial charge in [0.15, 0.2) is 0 Å². The molecule has 0 aromatic heterocycles. The zero-order valence-corrected chi connectivity index (χ0v) is 6.59. The summed E-state index contributed by atoms with van der Waals surface area (Å²) in [6.45, 7) is 7.68. The van der Waals surface area contributed by atoms with Gasteiger partial charge in [-0.1, -0.05) is 37.0 Å². The predicted molar refractivity (Wildman–Crippen MR) is 48.2 cm³/mol. The molecule has 0 bridgehead atoms. The Morgan fingerprint density at radius 3 is 2.91 bits per heavy atom. The first-order valence-corrected chi connectivity index (χ1v) is 3.98. The molecule has 0 N–H and O–H groups in total. The standard InChI is InChI=1S/C11H12/c1-3-9-6-5-7-10-8-11(9,10)4-2/h3-7,10H,1-2,8H2. The Kier molecular flexibility index (Phi) is 1.19. The minimum Gasteiger partial charge on any atom is -0.102 e. The molecule has 0 aromatic rings. The fourth-order valence-corrected chi connectivity index (χ4v) is 1.94. The first-order valence-electron chi connectivity index (χ1n) is 3.98. The van der Waals surface area contributed by atoms with Crippen LogP contribution in [-0.2, 0) is 0 Å². The van der Waals surface area contributed by atoms with Gasteiger partial charge in [0.25, 0.3) is 0 Å². The Labute approximate surface area is 67.6 Å². The summed E-state index contributed by atoms with van der Waals surface area (Å²) in [6, 6.07) is 0. The molecular weight excluding hydrogens is 132 g/mol. The average molecular weight is 144 g/mol. The van der Waals surface area contributed by atoms with Crippen LogP contribution < -0.4 is 0 Å². The van der Waals surface area contributed by atoms with Crippen LogP contribution in [0.2, 0.25) is 0 Å². The summed E-state index contributed by atoms with van der Waals surface area (Å²) in [6.07, 6.45) is 11.8. The maximum absolute atomic E-state index is 3.87. The Morgan fingerprint density at radius 1 is 1.55 bits per heavy atom. The van der Waals surface area contributed by atoms with Gasteiger partial charge in [-0.05, 0) is 17.9 Å². The molecule has 0 spiro atoms. The van der Waals surface area contributed by atoms with Crippen molar-refractivity contribution in [2.24, 2.45) is 11.3 Å². The van der Waals surface area contributed by atoms with E-state index in [1.165, 1.54) is 12.0 Å². The maximum Gasteiger partial charge on any atom is 0.0198 e. The van der Waals surface area contributed by atoms with Crippen LogP contribution in [-0.4, -0.2) is 0 Å². The van der Waals surface area contributed by atoms with Gasteiger partial charge < -0.3 is 0 Å². The van der Waals surface area contributed by atoms with Crippen LogP contribution >= 0.6 is 0 Å². The summed E-state index contributed by atoms with van der Waals surface area (Å²) < 4.78 is 0. The van der Waals surface area contributed by atoms with Crippen LogP contribution in [0.3, 0.4) is 0 Å². The Hall–Kier alpha value is -1.04. The van der Waals surface area contributed by atoms with Crippen molar-refractivity contribution < 1.29 is 0 Å². The van der Waals surface area contributed by atoms with Gasteiger partial charge in [0.05, 0.1) is 0 Å². The van der Waals surface area contributed by atoms with E-state index in [4.69, 9.17) is 0 Å². The molecule has 0 heteroatoms. The molecule has 0 radical (unpaired) electrons. The van der Waals surface area contributed by atoms with Gasteiger partial charge in [0, 0.05) is 5.41 Å². The summed E-state index contributed by atoms with van der Waals surface area (Å²) in [7, 11) is 0. The highest BCUT2D eigenvalue weighted by Crippen LogP contribution is 2.61. The molecule has 0 aliphatic heterocycles. The zero-order valence-electron chi connectivity index (χ0n) is 6.59. The highest BCUT2D eigenvalue weighted by atomic mass is 14.5. The van der Waals surface area contributed by atoms with E-state index < -0.39 is 0 Å². The van der Waals surface area contributed by atoms with Crippen molar-refractivity contribution in [1.29, 1.82) is 0 Å². The average Bonchev–Trinajstić information content (AvgIpc) is 2.78. The van der Waals surface area contributed by atoms with Gasteiger partial charge in [-0.2, -0.15) is 0 Å². The Bertz CT molecular complexity index is 268. The summed E-state index contributed by atoms with van der Waals surface area (Å²) >= 11 is 0. The lowest BCUT2D eigenvalue weighted by Gasteiger charge is -2.14. The molecule has 11 heavy (non-hydrogen) atoms. The third kappa shape index (κ3) is 0.697. The molecule has 0 aromatic carbocycles. The monoisotopic (exact) mass is 144 g/mol. The highest BCUT2D eigenvalue weighted by molar-refractivity contribution is 5.46. The van der Waals surface area contributed by atoms with E-state index >= 15 is 0 Å². The van der Waals surface area contributed by atoms with E-state index in [9.17, 15) is 0 Å². The number of fused-ring (bicyclic) bond motifs is 1. The topological polar surface area (TPSA) is 0 Å². The SMILES string of the molecule is C=CC1=CC=CC2CC12C=C. The lowest BCUT2D eigenvalue weighted by atomic mass is 9.90. The number of allylic oxidation sites excluding steroid dienone is 6. The fraction of sp³-hybridized carbons (Fsp3) is 0.273. The van der Waals surface area contributed by atoms with Gasteiger partial charge in [-0.3, -0.25) is 0 Å². The number of rotatable bonds is 2. The molecule has 0 amide bonds.